The first kappa shape index (κ1) is 18.1. The van der Waals surface area contributed by atoms with Crippen LogP contribution in [0.4, 0.5) is 15.8 Å². The van der Waals surface area contributed by atoms with Gasteiger partial charge in [0, 0.05) is 17.8 Å². The molecule has 2 rings (SSSR count). The highest BCUT2D eigenvalue weighted by Crippen LogP contribution is 2.40. The Morgan fingerprint density at radius 2 is 1.67 bits per heavy atom. The average molecular weight is 371 g/mol. The molecule has 0 saturated carbocycles. The molecule has 128 valence electrons. The van der Waals surface area contributed by atoms with Crippen LogP contribution in [0, 0.1) is 5.82 Å². The highest BCUT2D eigenvalue weighted by Gasteiger charge is 2.14. The Kier molecular flexibility index (Phi) is 6.05. The molecule has 0 amide bonds. The van der Waals surface area contributed by atoms with Gasteiger partial charge in [0.1, 0.15) is 0 Å². The zero-order valence-electron chi connectivity index (χ0n) is 13.3. The van der Waals surface area contributed by atoms with Crippen LogP contribution in [0.25, 0.3) is 0 Å². The van der Waals surface area contributed by atoms with Crippen molar-refractivity contribution in [2.45, 2.75) is 0 Å². The van der Waals surface area contributed by atoms with Crippen molar-refractivity contribution in [1.82, 2.24) is 0 Å². The van der Waals surface area contributed by atoms with E-state index in [0.717, 1.165) is 0 Å². The Bertz CT molecular complexity index is 733. The van der Waals surface area contributed by atoms with Gasteiger partial charge >= 0.3 is 0 Å². The Balaban J connectivity index is 2.21. The van der Waals surface area contributed by atoms with Gasteiger partial charge in [-0.2, -0.15) is 0 Å². The summed E-state index contributed by atoms with van der Waals surface area (Å²) in [7, 11) is 4.54. The molecule has 0 aliphatic heterocycles. The minimum Gasteiger partial charge on any atom is -0.493 e. The molecule has 0 aliphatic rings. The fourth-order valence-corrected chi connectivity index (χ4v) is 2.44. The van der Waals surface area contributed by atoms with Crippen LogP contribution in [-0.2, 0) is 0 Å². The number of thiocarbonyl (C=S) groups is 1. The maximum atomic E-state index is 13.9. The molecule has 5 nitrogen and oxygen atoms in total. The summed E-state index contributed by atoms with van der Waals surface area (Å²) in [5.41, 5.74) is 0.761. The van der Waals surface area contributed by atoms with E-state index in [1.54, 1.807) is 18.2 Å². The van der Waals surface area contributed by atoms with E-state index < -0.39 is 5.82 Å². The number of rotatable bonds is 5. The third kappa shape index (κ3) is 3.98. The summed E-state index contributed by atoms with van der Waals surface area (Å²) >= 11 is 10.9. The van der Waals surface area contributed by atoms with Gasteiger partial charge in [0.05, 0.1) is 32.0 Å². The highest BCUT2D eigenvalue weighted by molar-refractivity contribution is 7.80. The van der Waals surface area contributed by atoms with Gasteiger partial charge in [-0.05, 0) is 24.4 Å². The van der Waals surface area contributed by atoms with Gasteiger partial charge in [0.2, 0.25) is 5.75 Å². The minimum absolute atomic E-state index is 0.00980. The van der Waals surface area contributed by atoms with E-state index >= 15 is 0 Å². The number of ether oxygens (including phenoxy) is 3. The van der Waals surface area contributed by atoms with Crippen molar-refractivity contribution >= 4 is 40.3 Å². The minimum atomic E-state index is -0.576. The number of hydrogen-bond donors (Lipinski definition) is 2. The number of benzene rings is 2. The molecule has 24 heavy (non-hydrogen) atoms. The van der Waals surface area contributed by atoms with Crippen LogP contribution < -0.4 is 24.8 Å². The van der Waals surface area contributed by atoms with Gasteiger partial charge < -0.3 is 24.8 Å². The van der Waals surface area contributed by atoms with E-state index in [2.05, 4.69) is 10.6 Å². The second-order valence-electron chi connectivity index (χ2n) is 4.59. The first-order chi connectivity index (χ1) is 11.5. The van der Waals surface area contributed by atoms with Crippen LogP contribution in [0.3, 0.4) is 0 Å². The third-order valence-corrected chi connectivity index (χ3v) is 3.62. The normalized spacial score (nSPS) is 10.0. The zero-order chi connectivity index (χ0) is 17.7. The van der Waals surface area contributed by atoms with Gasteiger partial charge in [0.15, 0.2) is 22.4 Å². The largest absolute Gasteiger partial charge is 0.493 e. The van der Waals surface area contributed by atoms with Crippen LogP contribution in [0.1, 0.15) is 0 Å². The molecule has 0 radical (unpaired) electrons. The van der Waals surface area contributed by atoms with Crippen LogP contribution in [-0.4, -0.2) is 26.4 Å². The van der Waals surface area contributed by atoms with Crippen LogP contribution in [0.5, 0.6) is 17.2 Å². The average Bonchev–Trinajstić information content (AvgIpc) is 2.57. The quantitative estimate of drug-likeness (QED) is 0.765. The summed E-state index contributed by atoms with van der Waals surface area (Å²) in [5, 5.41) is 5.88. The van der Waals surface area contributed by atoms with E-state index in [1.807, 2.05) is 0 Å². The van der Waals surface area contributed by atoms with Gasteiger partial charge in [-0.15, -0.1) is 0 Å². The predicted octanol–water partition coefficient (Wildman–Crippen LogP) is 4.31. The van der Waals surface area contributed by atoms with Crippen LogP contribution in [0.15, 0.2) is 30.3 Å². The highest BCUT2D eigenvalue weighted by atomic mass is 35.5. The summed E-state index contributed by atoms with van der Waals surface area (Å²) in [6, 6.07) is 7.98. The Morgan fingerprint density at radius 3 is 2.21 bits per heavy atom. The summed E-state index contributed by atoms with van der Waals surface area (Å²) in [6.07, 6.45) is 0. The summed E-state index contributed by atoms with van der Waals surface area (Å²) in [5.74, 6) is 0.825. The monoisotopic (exact) mass is 370 g/mol. The molecular weight excluding hydrogens is 355 g/mol. The molecule has 0 spiro atoms. The van der Waals surface area contributed by atoms with E-state index in [9.17, 15) is 4.39 Å². The Labute approximate surface area is 149 Å². The molecule has 0 unspecified atom stereocenters. The zero-order valence-corrected chi connectivity index (χ0v) is 14.8. The topological polar surface area (TPSA) is 51.8 Å². The van der Waals surface area contributed by atoms with Gasteiger partial charge in [-0.1, -0.05) is 17.7 Å². The van der Waals surface area contributed by atoms with E-state index in [-0.39, 0.29) is 15.8 Å². The van der Waals surface area contributed by atoms with Crippen molar-refractivity contribution in [3.05, 3.63) is 41.2 Å². The van der Waals surface area contributed by atoms with E-state index in [1.165, 1.54) is 33.5 Å². The molecule has 0 bridgehead atoms. The predicted molar refractivity (Wildman–Crippen MR) is 97.4 cm³/mol. The Morgan fingerprint density at radius 1 is 1.04 bits per heavy atom. The fraction of sp³-hybridized carbons (Fsp3) is 0.188. The van der Waals surface area contributed by atoms with E-state index in [0.29, 0.717) is 22.9 Å². The van der Waals surface area contributed by atoms with Gasteiger partial charge in [-0.25, -0.2) is 4.39 Å². The molecule has 0 atom stereocenters. The molecule has 8 heteroatoms. The molecule has 0 aromatic heterocycles. The molecule has 0 heterocycles. The fourth-order valence-electron chi connectivity index (χ4n) is 2.04. The first-order valence-electron chi connectivity index (χ1n) is 6.82. The SMILES string of the molecule is COc1cc(NC(=S)Nc2cccc(Cl)c2F)cc(OC)c1OC. The summed E-state index contributed by atoms with van der Waals surface area (Å²) in [4.78, 5) is 0. The second kappa shape index (κ2) is 8.03. The van der Waals surface area contributed by atoms with Crippen molar-refractivity contribution in [3.8, 4) is 17.2 Å². The number of hydrogen-bond acceptors (Lipinski definition) is 4. The van der Waals surface area contributed by atoms with Crippen LogP contribution >= 0.6 is 23.8 Å². The van der Waals surface area contributed by atoms with Gasteiger partial charge in [-0.3, -0.25) is 0 Å². The van der Waals surface area contributed by atoms with Crippen LogP contribution in [0.2, 0.25) is 5.02 Å². The molecule has 0 fully saturated rings. The molecule has 0 saturated heterocycles. The smallest absolute Gasteiger partial charge is 0.203 e. The lowest BCUT2D eigenvalue weighted by Crippen LogP contribution is -2.20. The molecule has 2 N–H and O–H groups in total. The lowest BCUT2D eigenvalue weighted by molar-refractivity contribution is 0.324. The lowest BCUT2D eigenvalue weighted by atomic mass is 10.2. The molecular formula is C16H16ClFN2O3S. The number of methoxy groups -OCH3 is 3. The van der Waals surface area contributed by atoms with Crippen molar-refractivity contribution < 1.29 is 18.6 Å². The number of nitrogens with one attached hydrogen (secondary N) is 2. The Hall–Kier alpha value is -2.25. The lowest BCUT2D eigenvalue weighted by Gasteiger charge is -2.16. The maximum Gasteiger partial charge on any atom is 0.203 e. The summed E-state index contributed by atoms with van der Waals surface area (Å²) < 4.78 is 29.7. The second-order valence-corrected chi connectivity index (χ2v) is 5.41. The molecule has 0 aliphatic carbocycles. The van der Waals surface area contributed by atoms with Gasteiger partial charge in [0.25, 0.3) is 0 Å². The van der Waals surface area contributed by atoms with Crippen molar-refractivity contribution in [2.24, 2.45) is 0 Å². The maximum absolute atomic E-state index is 13.9. The third-order valence-electron chi connectivity index (χ3n) is 3.12. The molecule has 2 aromatic rings. The molecule has 2 aromatic carbocycles. The van der Waals surface area contributed by atoms with Crippen molar-refractivity contribution in [1.29, 1.82) is 0 Å². The van der Waals surface area contributed by atoms with E-state index in [4.69, 9.17) is 38.0 Å². The summed E-state index contributed by atoms with van der Waals surface area (Å²) in [6.45, 7) is 0. The van der Waals surface area contributed by atoms with Crippen molar-refractivity contribution in [3.63, 3.8) is 0 Å². The number of anilines is 2. The standard InChI is InChI=1S/C16H16ClFN2O3S/c1-21-12-7-9(8-13(22-2)15(12)23-3)19-16(24)20-11-6-4-5-10(17)14(11)18/h4-8H,1-3H3,(H2,19,20,24). The first-order valence-corrected chi connectivity index (χ1v) is 7.60. The number of halogens is 2. The van der Waals surface area contributed by atoms with Crippen molar-refractivity contribution in [2.75, 3.05) is 32.0 Å².